The molecule has 2 aromatic heterocycles. The van der Waals surface area contributed by atoms with Gasteiger partial charge in [0.2, 0.25) is 0 Å². The Hall–Kier alpha value is -14.2. The molecule has 0 amide bonds. The second-order valence-electron chi connectivity index (χ2n) is 32.5. The minimum Gasteiger partial charge on any atom is -0.309 e. The summed E-state index contributed by atoms with van der Waals surface area (Å²) in [5.74, 6) is 0. The quantitative estimate of drug-likeness (QED) is 0.114. The van der Waals surface area contributed by atoms with Crippen molar-refractivity contribution in [2.24, 2.45) is 0 Å². The number of nitrogens with zero attached hydrogens (tertiary/aromatic N) is 2. The summed E-state index contributed by atoms with van der Waals surface area (Å²) in [5, 5.41) is 15.3. The van der Waals surface area contributed by atoms with Gasteiger partial charge >= 0.3 is 0 Å². The van der Waals surface area contributed by atoms with Crippen LogP contribution in [-0.4, -0.2) is 9.13 Å². The predicted molar refractivity (Wildman–Crippen MR) is 498 cm³/mol. The van der Waals surface area contributed by atoms with Crippen molar-refractivity contribution < 1.29 is 0 Å². The molecule has 21 aromatic rings. The lowest BCUT2D eigenvalue weighted by molar-refractivity contribution is 0.590. The fourth-order valence-corrected chi connectivity index (χ4v) is 18.1. The highest BCUT2D eigenvalue weighted by Crippen LogP contribution is 2.49. The van der Waals surface area contributed by atoms with Gasteiger partial charge in [0, 0.05) is 32.9 Å². The van der Waals surface area contributed by atoms with E-state index in [1.807, 2.05) is 0 Å². The van der Waals surface area contributed by atoms with Crippen LogP contribution in [0.1, 0.15) is 48.6 Å². The third-order valence-electron chi connectivity index (χ3n) is 24.4. The maximum absolute atomic E-state index is 2.42. The van der Waals surface area contributed by atoms with E-state index < -0.39 is 0 Å². The summed E-state index contributed by atoms with van der Waals surface area (Å²) in [7, 11) is 0. The summed E-state index contributed by atoms with van der Waals surface area (Å²) in [4.78, 5) is 0. The van der Waals surface area contributed by atoms with E-state index in [0.29, 0.717) is 0 Å². The monoisotopic (exact) mass is 1480 g/mol. The van der Waals surface area contributed by atoms with Crippen LogP contribution in [0.15, 0.2) is 394 Å². The molecule has 0 bridgehead atoms. The maximum Gasteiger partial charge on any atom is 0.0541 e. The van der Waals surface area contributed by atoms with Crippen LogP contribution in [0.4, 0.5) is 0 Å². The van der Waals surface area contributed by atoms with Gasteiger partial charge in [-0.05, 0) is 265 Å². The molecule has 0 unspecified atom stereocenters. The zero-order valence-electron chi connectivity index (χ0n) is 66.4. The number of hydrogen-bond acceptors (Lipinski definition) is 0. The van der Waals surface area contributed by atoms with E-state index in [-0.39, 0.29) is 5.41 Å². The molecule has 0 atom stereocenters. The summed E-state index contributed by atoms with van der Waals surface area (Å²) in [6.07, 6.45) is 0. The molecule has 2 heteroatoms. The second-order valence-corrected chi connectivity index (χ2v) is 32.5. The zero-order valence-corrected chi connectivity index (χ0v) is 66.4. The van der Waals surface area contributed by atoms with Crippen molar-refractivity contribution in [2.45, 2.75) is 53.9 Å². The lowest BCUT2D eigenvalue weighted by Gasteiger charge is -2.21. The van der Waals surface area contributed by atoms with Crippen LogP contribution in [0.3, 0.4) is 0 Å². The molecule has 0 aliphatic heterocycles. The number of aromatic nitrogens is 2. The number of aryl methyl sites for hydroxylation is 4. The highest BCUT2D eigenvalue weighted by molar-refractivity contribution is 6.24. The molecule has 0 radical (unpaired) electrons. The first kappa shape index (κ1) is 70.9. The van der Waals surface area contributed by atoms with Gasteiger partial charge in [-0.2, -0.15) is 0 Å². The summed E-state index contributed by atoms with van der Waals surface area (Å²) in [5.41, 5.74) is 36.2. The first-order valence-electron chi connectivity index (χ1n) is 40.6. The Morgan fingerprint density at radius 2 is 0.379 bits per heavy atom. The summed E-state index contributed by atoms with van der Waals surface area (Å²) in [6, 6.07) is 146. The number of benzene rings is 19. The van der Waals surface area contributed by atoms with Crippen molar-refractivity contribution >= 4 is 86.7 Å². The van der Waals surface area contributed by atoms with Crippen molar-refractivity contribution in [3.63, 3.8) is 0 Å². The average Bonchev–Trinajstić information content (AvgIpc) is 1.10. The van der Waals surface area contributed by atoms with E-state index in [2.05, 4.69) is 452 Å². The Labute approximate surface area is 678 Å². The standard InChI is InChI=1S/C66H49N.C48H37N/c1-42-37-59-61(39-44(42)3)66(62-40-45(4)43(2)38-60(62)65(59)53-31-27-50(28-32-53)48-21-19-47(20-22-48)46-13-7-5-8-14-46)54-33-29-51(30-34-54)49-23-25-52(26-24-49)55-35-36-64-58(41-55)57-17-11-12-18-63(57)67(64)56-15-9-6-10-16-56;1-48(2,3)36-28-25-34(26-29-36)47-41-18-9-7-16-39(41)46(40-17-8-10-19-42(40)47)33-23-21-32(22-24-33)35-27-30-45-43(31-35)38-15-11-12-20-44(38)49(45)37-13-5-4-6-14-37/h5-41H,1-4H3;4-31H,1-3H3. The molecule has 0 spiro atoms. The fourth-order valence-electron chi connectivity index (χ4n) is 18.1. The molecule has 116 heavy (non-hydrogen) atoms. The number of rotatable bonds is 11. The SMILES string of the molecule is CC(C)(C)c1ccc(-c2c3ccccc3c(-c3ccc(-c4ccc5c(c4)c4ccccc4n5-c4ccccc4)cc3)c3ccccc23)cc1.Cc1cc2c(-c3ccc(-c4ccc(-c5ccccc5)cc4)cc3)c3cc(C)c(C)cc3c(-c3ccc(-c4ccc(-c5ccc6c(c5)c5ccccc5n6-c5ccccc5)cc4)cc3)c2cc1C. The summed E-state index contributed by atoms with van der Waals surface area (Å²) >= 11 is 0. The first-order valence-corrected chi connectivity index (χ1v) is 40.6. The largest absolute Gasteiger partial charge is 0.309 e. The fraction of sp³-hybridized carbons (Fsp3) is 0.0702. The lowest BCUT2D eigenvalue weighted by Crippen LogP contribution is -2.10. The van der Waals surface area contributed by atoms with Crippen LogP contribution < -0.4 is 0 Å². The Morgan fingerprint density at radius 1 is 0.164 bits per heavy atom. The van der Waals surface area contributed by atoms with E-state index in [1.54, 1.807) is 0 Å². The molecule has 21 rings (SSSR count). The van der Waals surface area contributed by atoms with Crippen LogP contribution in [0.2, 0.25) is 0 Å². The van der Waals surface area contributed by atoms with Gasteiger partial charge in [-0.3, -0.25) is 0 Å². The van der Waals surface area contributed by atoms with Crippen LogP contribution in [0.5, 0.6) is 0 Å². The molecule has 0 saturated heterocycles. The van der Waals surface area contributed by atoms with Crippen LogP contribution in [0.25, 0.3) is 198 Å². The first-order chi connectivity index (χ1) is 56.8. The van der Waals surface area contributed by atoms with E-state index in [9.17, 15) is 0 Å². The smallest absolute Gasteiger partial charge is 0.0541 e. The van der Waals surface area contributed by atoms with Gasteiger partial charge in [-0.15, -0.1) is 0 Å². The Morgan fingerprint density at radius 3 is 0.681 bits per heavy atom. The van der Waals surface area contributed by atoms with E-state index in [0.717, 1.165) is 0 Å². The molecule has 19 aromatic carbocycles. The molecule has 2 nitrogen and oxygen atoms in total. The molecule has 0 fully saturated rings. The third-order valence-corrected chi connectivity index (χ3v) is 24.4. The van der Waals surface area contributed by atoms with Gasteiger partial charge in [-0.25, -0.2) is 0 Å². The second kappa shape index (κ2) is 29.1. The van der Waals surface area contributed by atoms with E-state index in [1.165, 1.54) is 226 Å². The Bertz CT molecular complexity index is 7220. The topological polar surface area (TPSA) is 9.86 Å². The summed E-state index contributed by atoms with van der Waals surface area (Å²) < 4.78 is 4.74. The molecule has 0 N–H and O–H groups in total. The molecule has 0 aliphatic carbocycles. The Balaban J connectivity index is 0.000000157. The number of fused-ring (bicyclic) bond motifs is 10. The zero-order chi connectivity index (χ0) is 78.3. The van der Waals surface area contributed by atoms with E-state index >= 15 is 0 Å². The van der Waals surface area contributed by atoms with Crippen LogP contribution in [0, 0.1) is 27.7 Å². The average molecular weight is 1480 g/mol. The van der Waals surface area contributed by atoms with Gasteiger partial charge in [0.15, 0.2) is 0 Å². The highest BCUT2D eigenvalue weighted by Gasteiger charge is 2.23. The van der Waals surface area contributed by atoms with Crippen molar-refractivity contribution in [1.29, 1.82) is 0 Å². The molecule has 0 aliphatic rings. The number of para-hydroxylation sites is 4. The molecular weight excluding hydrogens is 1400 g/mol. The predicted octanol–water partition coefficient (Wildman–Crippen LogP) is 31.7. The normalized spacial score (nSPS) is 11.8. The van der Waals surface area contributed by atoms with Crippen molar-refractivity contribution in [2.75, 3.05) is 0 Å². The molecule has 2 heterocycles. The maximum atomic E-state index is 2.42. The molecule has 552 valence electrons. The highest BCUT2D eigenvalue weighted by atomic mass is 15.0. The van der Waals surface area contributed by atoms with Gasteiger partial charge in [0.05, 0.1) is 22.1 Å². The Kier molecular flexibility index (Phi) is 17.8. The van der Waals surface area contributed by atoms with Crippen molar-refractivity contribution in [3.8, 4) is 112 Å². The van der Waals surface area contributed by atoms with Gasteiger partial charge in [-0.1, -0.05) is 354 Å². The van der Waals surface area contributed by atoms with Crippen LogP contribution in [-0.2, 0) is 5.41 Å². The lowest BCUT2D eigenvalue weighted by atomic mass is 9.83. The summed E-state index contributed by atoms with van der Waals surface area (Å²) in [6.45, 7) is 15.8. The molecule has 0 saturated carbocycles. The third kappa shape index (κ3) is 12.6. The molecular formula is C114H86N2. The van der Waals surface area contributed by atoms with Crippen molar-refractivity contribution in [1.82, 2.24) is 9.13 Å². The minimum absolute atomic E-state index is 0.117. The number of hydrogen-bond donors (Lipinski definition) is 0. The van der Waals surface area contributed by atoms with E-state index in [4.69, 9.17) is 0 Å². The van der Waals surface area contributed by atoms with Crippen LogP contribution >= 0.6 is 0 Å². The minimum atomic E-state index is 0.117. The van der Waals surface area contributed by atoms with Gasteiger partial charge < -0.3 is 9.13 Å². The van der Waals surface area contributed by atoms with Crippen molar-refractivity contribution in [3.05, 3.63) is 422 Å². The van der Waals surface area contributed by atoms with Gasteiger partial charge in [0.1, 0.15) is 0 Å². The van der Waals surface area contributed by atoms with Gasteiger partial charge in [0.25, 0.3) is 0 Å².